The van der Waals surface area contributed by atoms with E-state index in [0.717, 1.165) is 22.6 Å². The van der Waals surface area contributed by atoms with Crippen LogP contribution in [0.3, 0.4) is 0 Å². The van der Waals surface area contributed by atoms with Crippen molar-refractivity contribution in [2.75, 3.05) is 0 Å². The van der Waals surface area contributed by atoms with E-state index in [0.29, 0.717) is 5.84 Å². The fourth-order valence-corrected chi connectivity index (χ4v) is 5.83. The van der Waals surface area contributed by atoms with Crippen LogP contribution in [0.2, 0.25) is 0 Å². The van der Waals surface area contributed by atoms with Crippen LogP contribution >= 0.6 is 0 Å². The molecule has 0 aromatic heterocycles. The van der Waals surface area contributed by atoms with E-state index >= 15 is 0 Å². The zero-order chi connectivity index (χ0) is 22.1. The maximum absolute atomic E-state index is 14.1. The van der Waals surface area contributed by atoms with E-state index in [1.807, 2.05) is 105 Å². The predicted octanol–water partition coefficient (Wildman–Crippen LogP) is 5.29. The Morgan fingerprint density at radius 1 is 0.750 bits per heavy atom. The van der Waals surface area contributed by atoms with Gasteiger partial charge in [0.05, 0.1) is 10.9 Å². The first-order valence-corrected chi connectivity index (χ1v) is 12.0. The van der Waals surface area contributed by atoms with Crippen molar-refractivity contribution in [2.45, 2.75) is 23.9 Å². The van der Waals surface area contributed by atoms with E-state index in [-0.39, 0.29) is 10.9 Å². The van der Waals surface area contributed by atoms with Gasteiger partial charge >= 0.3 is 0 Å². The van der Waals surface area contributed by atoms with Crippen LogP contribution in [0, 0.1) is 38.5 Å². The molecule has 32 heavy (non-hydrogen) atoms. The smallest absolute Gasteiger partial charge is 0.260 e. The second kappa shape index (κ2) is 8.55. The highest BCUT2D eigenvalue weighted by molar-refractivity contribution is 7.89. The van der Waals surface area contributed by atoms with Gasteiger partial charge in [-0.25, -0.2) is 12.7 Å². The average molecular weight is 440 g/mol. The molecule has 0 unspecified atom stereocenters. The number of rotatable bonds is 5. The molecule has 1 saturated carbocycles. The summed E-state index contributed by atoms with van der Waals surface area (Å²) >= 11 is 0. The number of benzene rings is 3. The van der Waals surface area contributed by atoms with E-state index in [9.17, 15) is 8.42 Å². The molecule has 4 nitrogen and oxygen atoms in total. The number of aryl methyl sites for hydroxylation is 1. The third-order valence-corrected chi connectivity index (χ3v) is 7.59. The maximum Gasteiger partial charge on any atom is 0.265 e. The summed E-state index contributed by atoms with van der Waals surface area (Å²) in [6.45, 7) is 1.95. The largest absolute Gasteiger partial charge is 0.265 e. The zero-order valence-electron chi connectivity index (χ0n) is 17.7. The predicted molar refractivity (Wildman–Crippen MR) is 126 cm³/mol. The number of nitrogens with zero attached hydrogens (tertiary/aromatic N) is 2. The maximum atomic E-state index is 14.1. The highest BCUT2D eigenvalue weighted by atomic mass is 32.2. The van der Waals surface area contributed by atoms with Crippen molar-refractivity contribution in [2.24, 2.45) is 4.99 Å². The molecule has 3 aromatic carbocycles. The second-order valence-corrected chi connectivity index (χ2v) is 9.77. The topological polar surface area (TPSA) is 49.7 Å². The van der Waals surface area contributed by atoms with Crippen LogP contribution in [0.5, 0.6) is 0 Å². The molecule has 0 spiro atoms. The van der Waals surface area contributed by atoms with Crippen LogP contribution < -0.4 is 0 Å². The number of aliphatic imine (C=N–C) groups is 1. The minimum absolute atomic E-state index is 0.261. The van der Waals surface area contributed by atoms with Crippen molar-refractivity contribution < 1.29 is 8.42 Å². The Hall–Kier alpha value is -2.92. The Morgan fingerprint density at radius 2 is 1.31 bits per heavy atom. The molecule has 2 aliphatic rings. The Morgan fingerprint density at radius 3 is 1.91 bits per heavy atom. The molecule has 0 amide bonds. The first-order chi connectivity index (χ1) is 15.6. The van der Waals surface area contributed by atoms with E-state index in [4.69, 9.17) is 4.99 Å². The highest BCUT2D eigenvalue weighted by Crippen LogP contribution is 2.47. The molecule has 1 aliphatic carbocycles. The standard InChI is InChI=1S/C27H23N2O2S/c1-20-16-18-24(19-17-20)32(30,31)29-26(22-12-6-3-7-13-22)25(21-10-4-2-5-11-21)28-27(29)23-14-8-9-15-23/h2-19,25-26H,1H3/t25-,26+/m1/s1. The number of hydrogen-bond acceptors (Lipinski definition) is 3. The molecule has 1 aliphatic heterocycles. The molecular weight excluding hydrogens is 416 g/mol. The minimum atomic E-state index is -3.87. The van der Waals surface area contributed by atoms with Crippen molar-refractivity contribution in [3.05, 3.63) is 133 Å². The van der Waals surface area contributed by atoms with E-state index in [2.05, 4.69) is 0 Å². The summed E-state index contributed by atoms with van der Waals surface area (Å²) in [6.07, 6.45) is 7.63. The van der Waals surface area contributed by atoms with Gasteiger partial charge in [0.1, 0.15) is 11.9 Å². The normalized spacial score (nSPS) is 21.7. The average Bonchev–Trinajstić information content (AvgIpc) is 3.49. The van der Waals surface area contributed by atoms with Gasteiger partial charge in [-0.2, -0.15) is 0 Å². The molecule has 159 valence electrons. The summed E-state index contributed by atoms with van der Waals surface area (Å²) in [5.41, 5.74) is 2.89. The molecule has 0 saturated heterocycles. The lowest BCUT2D eigenvalue weighted by atomic mass is 9.95. The van der Waals surface area contributed by atoms with Gasteiger partial charge < -0.3 is 0 Å². The van der Waals surface area contributed by atoms with Gasteiger partial charge in [-0.05, 0) is 55.9 Å². The number of hydrogen-bond donors (Lipinski definition) is 0. The lowest BCUT2D eigenvalue weighted by molar-refractivity contribution is 0.419. The van der Waals surface area contributed by atoms with Crippen LogP contribution in [0.25, 0.3) is 0 Å². The van der Waals surface area contributed by atoms with Crippen molar-refractivity contribution in [1.29, 1.82) is 0 Å². The zero-order valence-corrected chi connectivity index (χ0v) is 18.5. The summed E-state index contributed by atoms with van der Waals surface area (Å²) in [5, 5.41) is 0. The summed E-state index contributed by atoms with van der Waals surface area (Å²) in [5.74, 6) is 1.26. The Kier molecular flexibility index (Phi) is 5.60. The third-order valence-electron chi connectivity index (χ3n) is 5.80. The van der Waals surface area contributed by atoms with Gasteiger partial charge in [0.2, 0.25) is 0 Å². The minimum Gasteiger partial charge on any atom is -0.260 e. The van der Waals surface area contributed by atoms with Crippen LogP contribution in [0.4, 0.5) is 0 Å². The Labute approximate surface area is 190 Å². The molecular formula is C27H23N2O2S. The van der Waals surface area contributed by atoms with Crippen molar-refractivity contribution >= 4 is 15.9 Å². The Bertz CT molecular complexity index is 1200. The van der Waals surface area contributed by atoms with E-state index in [1.165, 1.54) is 4.31 Å². The van der Waals surface area contributed by atoms with E-state index < -0.39 is 16.1 Å². The van der Waals surface area contributed by atoms with E-state index in [1.54, 1.807) is 12.1 Å². The molecule has 5 rings (SSSR count). The fraction of sp³-hybridized carbons (Fsp3) is 0.111. The van der Waals surface area contributed by atoms with Crippen LogP contribution in [-0.2, 0) is 10.0 Å². The SMILES string of the molecule is Cc1ccc(S(=O)(=O)N2C([C]3[CH][CH][CH][CH]3)=N[C@H](c3ccccc3)[C@@H]2c2ccccc2)cc1. The van der Waals surface area contributed by atoms with Crippen LogP contribution in [0.15, 0.2) is 94.8 Å². The summed E-state index contributed by atoms with van der Waals surface area (Å²) in [4.78, 5) is 5.27. The summed E-state index contributed by atoms with van der Waals surface area (Å²) in [7, 11) is -3.87. The van der Waals surface area contributed by atoms with Crippen LogP contribution in [-0.4, -0.2) is 18.6 Å². The van der Waals surface area contributed by atoms with Crippen molar-refractivity contribution in [3.63, 3.8) is 0 Å². The van der Waals surface area contributed by atoms with Gasteiger partial charge in [0, 0.05) is 5.92 Å². The van der Waals surface area contributed by atoms with Gasteiger partial charge in [0.25, 0.3) is 10.0 Å². The molecule has 0 bridgehead atoms. The van der Waals surface area contributed by atoms with Crippen molar-refractivity contribution in [1.82, 2.24) is 4.31 Å². The van der Waals surface area contributed by atoms with Gasteiger partial charge in [0.15, 0.2) is 0 Å². The molecule has 1 fully saturated rings. The molecule has 1 heterocycles. The first kappa shape index (κ1) is 21.0. The lowest BCUT2D eigenvalue weighted by Gasteiger charge is -2.31. The summed E-state index contributed by atoms with van der Waals surface area (Å²) in [6, 6.07) is 25.8. The number of sulfonamides is 1. The molecule has 5 heteroatoms. The Balaban J connectivity index is 1.69. The number of amidine groups is 1. The van der Waals surface area contributed by atoms with Crippen molar-refractivity contribution in [3.8, 4) is 0 Å². The van der Waals surface area contributed by atoms with Gasteiger partial charge in [-0.15, -0.1) is 0 Å². The van der Waals surface area contributed by atoms with Gasteiger partial charge in [-0.1, -0.05) is 78.4 Å². The molecule has 3 aromatic rings. The lowest BCUT2D eigenvalue weighted by Crippen LogP contribution is -2.39. The second-order valence-electron chi connectivity index (χ2n) is 7.95. The highest BCUT2D eigenvalue weighted by Gasteiger charge is 2.47. The van der Waals surface area contributed by atoms with Crippen LogP contribution in [0.1, 0.15) is 28.8 Å². The third kappa shape index (κ3) is 3.75. The monoisotopic (exact) mass is 439 g/mol. The summed E-state index contributed by atoms with van der Waals surface area (Å²) < 4.78 is 29.6. The molecule has 5 radical (unpaired) electrons. The molecule has 0 N–H and O–H groups in total. The quantitative estimate of drug-likeness (QED) is 0.543. The van der Waals surface area contributed by atoms with Gasteiger partial charge in [-0.3, -0.25) is 4.99 Å². The molecule has 2 atom stereocenters. The first-order valence-electron chi connectivity index (χ1n) is 10.6. The fourth-order valence-electron chi connectivity index (χ4n) is 4.21.